The first kappa shape index (κ1) is 12.6. The zero-order chi connectivity index (χ0) is 13.1. The SMILES string of the molecule is CCOC(=O)c1nn(-c2ccccn2)c(N)c1Br. The fraction of sp³-hybridized carbons (Fsp3) is 0.182. The summed E-state index contributed by atoms with van der Waals surface area (Å²) in [6.07, 6.45) is 1.62. The van der Waals surface area contributed by atoms with E-state index < -0.39 is 5.97 Å². The van der Waals surface area contributed by atoms with Crippen LogP contribution in [0.15, 0.2) is 28.9 Å². The lowest BCUT2D eigenvalue weighted by atomic mass is 10.4. The molecule has 0 amide bonds. The lowest BCUT2D eigenvalue weighted by Crippen LogP contribution is -2.07. The van der Waals surface area contributed by atoms with Crippen molar-refractivity contribution in [1.82, 2.24) is 14.8 Å². The summed E-state index contributed by atoms with van der Waals surface area (Å²) in [6, 6.07) is 5.33. The highest BCUT2D eigenvalue weighted by Crippen LogP contribution is 2.26. The van der Waals surface area contributed by atoms with Gasteiger partial charge in [0.1, 0.15) is 5.82 Å². The largest absolute Gasteiger partial charge is 0.461 e. The van der Waals surface area contributed by atoms with Gasteiger partial charge in [0.05, 0.1) is 11.1 Å². The maximum absolute atomic E-state index is 11.7. The molecule has 0 unspecified atom stereocenters. The van der Waals surface area contributed by atoms with Gasteiger partial charge in [-0.1, -0.05) is 6.07 Å². The van der Waals surface area contributed by atoms with Gasteiger partial charge in [-0.05, 0) is 35.0 Å². The minimum absolute atomic E-state index is 0.139. The molecule has 18 heavy (non-hydrogen) atoms. The first-order valence-corrected chi connectivity index (χ1v) is 6.07. The molecule has 7 heteroatoms. The molecule has 2 N–H and O–H groups in total. The van der Waals surface area contributed by atoms with E-state index in [1.807, 2.05) is 0 Å². The van der Waals surface area contributed by atoms with Crippen LogP contribution in [0.3, 0.4) is 0 Å². The van der Waals surface area contributed by atoms with Crippen LogP contribution in [0.4, 0.5) is 5.82 Å². The fourth-order valence-corrected chi connectivity index (χ4v) is 1.80. The quantitative estimate of drug-likeness (QED) is 0.874. The summed E-state index contributed by atoms with van der Waals surface area (Å²) in [5, 5.41) is 4.11. The normalized spacial score (nSPS) is 10.3. The molecule has 94 valence electrons. The molecule has 2 aromatic rings. The monoisotopic (exact) mass is 310 g/mol. The minimum atomic E-state index is -0.522. The molecule has 0 aliphatic carbocycles. The molecule has 0 aliphatic rings. The summed E-state index contributed by atoms with van der Waals surface area (Å²) in [4.78, 5) is 15.8. The number of aromatic nitrogens is 3. The van der Waals surface area contributed by atoms with Crippen LogP contribution >= 0.6 is 15.9 Å². The van der Waals surface area contributed by atoms with Crippen LogP contribution in [0, 0.1) is 0 Å². The second-order valence-corrected chi connectivity index (χ2v) is 4.16. The number of anilines is 1. The Balaban J connectivity index is 2.46. The van der Waals surface area contributed by atoms with Gasteiger partial charge >= 0.3 is 5.97 Å². The van der Waals surface area contributed by atoms with Crippen LogP contribution in [0.2, 0.25) is 0 Å². The topological polar surface area (TPSA) is 83.0 Å². The molecular weight excluding hydrogens is 300 g/mol. The van der Waals surface area contributed by atoms with Crippen molar-refractivity contribution in [3.63, 3.8) is 0 Å². The summed E-state index contributed by atoms with van der Waals surface area (Å²) < 4.78 is 6.69. The van der Waals surface area contributed by atoms with Crippen molar-refractivity contribution in [2.75, 3.05) is 12.3 Å². The third kappa shape index (κ3) is 2.21. The number of carbonyl (C=O) groups is 1. The number of ether oxygens (including phenoxy) is 1. The van der Waals surface area contributed by atoms with Crippen molar-refractivity contribution in [2.24, 2.45) is 0 Å². The molecule has 0 fully saturated rings. The number of nitrogens with zero attached hydrogens (tertiary/aromatic N) is 3. The van der Waals surface area contributed by atoms with Gasteiger partial charge in [-0.3, -0.25) is 0 Å². The first-order valence-electron chi connectivity index (χ1n) is 5.27. The predicted octanol–water partition coefficient (Wildman–Crippen LogP) is 1.79. The van der Waals surface area contributed by atoms with Gasteiger partial charge in [0.2, 0.25) is 0 Å². The van der Waals surface area contributed by atoms with Crippen LogP contribution in [0.1, 0.15) is 17.4 Å². The number of nitrogens with two attached hydrogens (primary N) is 1. The molecule has 0 atom stereocenters. The molecule has 2 heterocycles. The number of hydrogen-bond donors (Lipinski definition) is 1. The van der Waals surface area contributed by atoms with Crippen molar-refractivity contribution >= 4 is 27.7 Å². The Morgan fingerprint density at radius 2 is 2.33 bits per heavy atom. The van der Waals surface area contributed by atoms with Crippen LogP contribution in [0.25, 0.3) is 5.82 Å². The van der Waals surface area contributed by atoms with Crippen molar-refractivity contribution in [2.45, 2.75) is 6.92 Å². The van der Waals surface area contributed by atoms with E-state index in [9.17, 15) is 4.79 Å². The summed E-state index contributed by atoms with van der Waals surface area (Å²) >= 11 is 3.23. The average molecular weight is 311 g/mol. The smallest absolute Gasteiger partial charge is 0.360 e. The first-order chi connectivity index (χ1) is 8.65. The van der Waals surface area contributed by atoms with Gasteiger partial charge in [-0.2, -0.15) is 9.78 Å². The van der Waals surface area contributed by atoms with Crippen molar-refractivity contribution in [3.8, 4) is 5.82 Å². The predicted molar refractivity (Wildman–Crippen MR) is 69.4 cm³/mol. The molecule has 0 saturated carbocycles. The molecule has 0 spiro atoms. The maximum atomic E-state index is 11.7. The summed E-state index contributed by atoms with van der Waals surface area (Å²) in [5.74, 6) is 0.314. The van der Waals surface area contributed by atoms with Crippen LogP contribution in [-0.4, -0.2) is 27.3 Å². The third-order valence-electron chi connectivity index (χ3n) is 2.20. The minimum Gasteiger partial charge on any atom is -0.461 e. The van der Waals surface area contributed by atoms with Crippen molar-refractivity contribution in [3.05, 3.63) is 34.6 Å². The zero-order valence-electron chi connectivity index (χ0n) is 9.63. The highest BCUT2D eigenvalue weighted by molar-refractivity contribution is 9.10. The van der Waals surface area contributed by atoms with E-state index in [2.05, 4.69) is 26.0 Å². The Morgan fingerprint density at radius 3 is 2.94 bits per heavy atom. The molecule has 0 saturated heterocycles. The number of carbonyl (C=O) groups excluding carboxylic acids is 1. The van der Waals surface area contributed by atoms with E-state index in [1.165, 1.54) is 4.68 Å². The second kappa shape index (κ2) is 5.18. The van der Waals surface area contributed by atoms with E-state index in [1.54, 1.807) is 31.3 Å². The van der Waals surface area contributed by atoms with Gasteiger partial charge < -0.3 is 10.5 Å². The molecule has 0 bridgehead atoms. The van der Waals surface area contributed by atoms with E-state index in [0.29, 0.717) is 16.1 Å². The third-order valence-corrected chi connectivity index (χ3v) is 2.98. The molecule has 0 radical (unpaired) electrons. The lowest BCUT2D eigenvalue weighted by molar-refractivity contribution is 0.0518. The fourth-order valence-electron chi connectivity index (χ4n) is 1.40. The van der Waals surface area contributed by atoms with Crippen LogP contribution in [-0.2, 0) is 4.74 Å². The molecular formula is C11H11BrN4O2. The Hall–Kier alpha value is -1.89. The second-order valence-electron chi connectivity index (χ2n) is 3.37. The molecule has 2 rings (SSSR count). The van der Waals surface area contributed by atoms with Gasteiger partial charge in [0, 0.05) is 6.20 Å². The Morgan fingerprint density at radius 1 is 1.56 bits per heavy atom. The van der Waals surface area contributed by atoms with E-state index in [-0.39, 0.29) is 12.3 Å². The molecule has 0 aliphatic heterocycles. The highest BCUT2D eigenvalue weighted by atomic mass is 79.9. The van der Waals surface area contributed by atoms with Gasteiger partial charge in [0.25, 0.3) is 0 Å². The lowest BCUT2D eigenvalue weighted by Gasteiger charge is -2.01. The standard InChI is InChI=1S/C11H11BrN4O2/c1-2-18-11(17)9-8(12)10(13)16(15-9)7-5-3-4-6-14-7/h3-6H,2,13H2,1H3. The molecule has 6 nitrogen and oxygen atoms in total. The summed E-state index contributed by atoms with van der Waals surface area (Å²) in [6.45, 7) is 2.01. The van der Waals surface area contributed by atoms with Crippen LogP contribution < -0.4 is 5.73 Å². The van der Waals surface area contributed by atoms with E-state index in [4.69, 9.17) is 10.5 Å². The van der Waals surface area contributed by atoms with E-state index in [0.717, 1.165) is 0 Å². The Kier molecular flexibility index (Phi) is 3.61. The van der Waals surface area contributed by atoms with Gasteiger partial charge in [-0.25, -0.2) is 9.78 Å². The molecule has 2 aromatic heterocycles. The Bertz CT molecular complexity index is 568. The van der Waals surface area contributed by atoms with Gasteiger partial charge in [-0.15, -0.1) is 0 Å². The zero-order valence-corrected chi connectivity index (χ0v) is 11.2. The number of esters is 1. The number of rotatable bonds is 3. The summed E-state index contributed by atoms with van der Waals surface area (Å²) in [7, 11) is 0. The summed E-state index contributed by atoms with van der Waals surface area (Å²) in [5.41, 5.74) is 6.01. The maximum Gasteiger partial charge on any atom is 0.360 e. The number of hydrogen-bond acceptors (Lipinski definition) is 5. The van der Waals surface area contributed by atoms with E-state index >= 15 is 0 Å². The van der Waals surface area contributed by atoms with Crippen molar-refractivity contribution < 1.29 is 9.53 Å². The number of halogens is 1. The number of pyridine rings is 1. The Labute approximate surface area is 112 Å². The number of nitrogen functional groups attached to an aromatic ring is 1. The molecule has 0 aromatic carbocycles. The highest BCUT2D eigenvalue weighted by Gasteiger charge is 2.21. The van der Waals surface area contributed by atoms with Gasteiger partial charge in [0.15, 0.2) is 11.5 Å². The van der Waals surface area contributed by atoms with Crippen molar-refractivity contribution in [1.29, 1.82) is 0 Å². The average Bonchev–Trinajstić information content (AvgIpc) is 2.68. The van der Waals surface area contributed by atoms with Crippen LogP contribution in [0.5, 0.6) is 0 Å².